The minimum absolute atomic E-state index is 0.0425. The van der Waals surface area contributed by atoms with Crippen molar-refractivity contribution in [3.63, 3.8) is 0 Å². The third-order valence-electron chi connectivity index (χ3n) is 2.24. The third-order valence-corrected chi connectivity index (χ3v) is 3.55. The first-order chi connectivity index (χ1) is 6.81. The molecule has 1 unspecified atom stereocenters. The van der Waals surface area contributed by atoms with E-state index in [-0.39, 0.29) is 6.04 Å². The Hall–Kier alpha value is -1.06. The van der Waals surface area contributed by atoms with Gasteiger partial charge in [0.25, 0.3) is 0 Å². The number of aryl methyl sites for hydroxylation is 1. The van der Waals surface area contributed by atoms with Crippen LogP contribution in [-0.2, 0) is 6.42 Å². The molecule has 0 bridgehead atoms. The summed E-state index contributed by atoms with van der Waals surface area (Å²) in [7, 11) is 0. The Morgan fingerprint density at radius 2 is 2.29 bits per heavy atom. The number of hydrogen-bond donors (Lipinski definition) is 1. The SMILES string of the molecule is CCc1ccc(C(N)c2ccoc2)s1. The van der Waals surface area contributed by atoms with Crippen molar-refractivity contribution in [2.24, 2.45) is 5.73 Å². The molecule has 3 heteroatoms. The maximum atomic E-state index is 6.08. The highest BCUT2D eigenvalue weighted by atomic mass is 32.1. The van der Waals surface area contributed by atoms with Gasteiger partial charge < -0.3 is 10.2 Å². The maximum absolute atomic E-state index is 6.08. The van der Waals surface area contributed by atoms with Crippen LogP contribution >= 0.6 is 11.3 Å². The lowest BCUT2D eigenvalue weighted by Gasteiger charge is -2.05. The van der Waals surface area contributed by atoms with Gasteiger partial charge in [0.05, 0.1) is 18.6 Å². The van der Waals surface area contributed by atoms with Gasteiger partial charge in [0, 0.05) is 15.3 Å². The quantitative estimate of drug-likeness (QED) is 0.840. The summed E-state index contributed by atoms with van der Waals surface area (Å²) < 4.78 is 5.01. The van der Waals surface area contributed by atoms with Gasteiger partial charge in [-0.15, -0.1) is 11.3 Å². The van der Waals surface area contributed by atoms with Crippen molar-refractivity contribution in [3.8, 4) is 0 Å². The van der Waals surface area contributed by atoms with Crippen molar-refractivity contribution >= 4 is 11.3 Å². The minimum atomic E-state index is -0.0425. The van der Waals surface area contributed by atoms with Gasteiger partial charge in [-0.1, -0.05) is 6.92 Å². The van der Waals surface area contributed by atoms with E-state index in [4.69, 9.17) is 10.2 Å². The van der Waals surface area contributed by atoms with Crippen LogP contribution in [0.15, 0.2) is 35.1 Å². The molecular formula is C11H13NOS. The predicted molar refractivity (Wildman–Crippen MR) is 58.4 cm³/mol. The van der Waals surface area contributed by atoms with Crippen molar-refractivity contribution in [3.05, 3.63) is 46.0 Å². The molecule has 0 saturated carbocycles. The van der Waals surface area contributed by atoms with E-state index in [1.165, 1.54) is 9.75 Å². The molecule has 0 fully saturated rings. The fourth-order valence-electron chi connectivity index (χ4n) is 1.37. The van der Waals surface area contributed by atoms with Crippen molar-refractivity contribution in [2.45, 2.75) is 19.4 Å². The molecule has 0 radical (unpaired) electrons. The Morgan fingerprint density at radius 1 is 1.43 bits per heavy atom. The molecular weight excluding hydrogens is 194 g/mol. The Morgan fingerprint density at radius 3 is 2.86 bits per heavy atom. The van der Waals surface area contributed by atoms with Crippen LogP contribution in [-0.4, -0.2) is 0 Å². The Bertz CT molecular complexity index is 391. The fraction of sp³-hybridized carbons (Fsp3) is 0.273. The Balaban J connectivity index is 2.23. The fourth-order valence-corrected chi connectivity index (χ4v) is 2.35. The van der Waals surface area contributed by atoms with Crippen LogP contribution in [0.25, 0.3) is 0 Å². The van der Waals surface area contributed by atoms with Crippen LogP contribution in [0.4, 0.5) is 0 Å². The first-order valence-corrected chi connectivity index (χ1v) is 5.49. The van der Waals surface area contributed by atoms with E-state index in [0.717, 1.165) is 12.0 Å². The molecule has 2 aromatic heterocycles. The highest BCUT2D eigenvalue weighted by molar-refractivity contribution is 7.12. The molecule has 14 heavy (non-hydrogen) atoms. The van der Waals surface area contributed by atoms with Gasteiger partial charge in [-0.05, 0) is 24.6 Å². The number of furan rings is 1. The second-order valence-electron chi connectivity index (χ2n) is 3.19. The summed E-state index contributed by atoms with van der Waals surface area (Å²) >= 11 is 1.77. The molecule has 2 aromatic rings. The lowest BCUT2D eigenvalue weighted by Crippen LogP contribution is -2.08. The zero-order chi connectivity index (χ0) is 9.97. The van der Waals surface area contributed by atoms with Crippen molar-refractivity contribution in [1.82, 2.24) is 0 Å². The highest BCUT2D eigenvalue weighted by Gasteiger charge is 2.11. The second kappa shape index (κ2) is 3.98. The van der Waals surface area contributed by atoms with Crippen LogP contribution in [0.2, 0.25) is 0 Å². The smallest absolute Gasteiger partial charge is 0.0954 e. The van der Waals surface area contributed by atoms with E-state index in [1.807, 2.05) is 6.07 Å². The molecule has 0 aromatic carbocycles. The first-order valence-electron chi connectivity index (χ1n) is 4.67. The summed E-state index contributed by atoms with van der Waals surface area (Å²) in [5.74, 6) is 0. The lowest BCUT2D eigenvalue weighted by molar-refractivity contribution is 0.562. The molecule has 2 heterocycles. The average molecular weight is 207 g/mol. The standard InChI is InChI=1S/C11H13NOS/c1-2-9-3-4-10(14-9)11(12)8-5-6-13-7-8/h3-7,11H,2,12H2,1H3. The molecule has 0 aliphatic heterocycles. The van der Waals surface area contributed by atoms with E-state index in [9.17, 15) is 0 Å². The molecule has 0 amide bonds. The molecule has 74 valence electrons. The van der Waals surface area contributed by atoms with Crippen LogP contribution in [0.1, 0.15) is 28.3 Å². The van der Waals surface area contributed by atoms with Crippen molar-refractivity contribution < 1.29 is 4.42 Å². The van der Waals surface area contributed by atoms with Crippen LogP contribution in [0.5, 0.6) is 0 Å². The topological polar surface area (TPSA) is 39.2 Å². The molecule has 0 aliphatic rings. The van der Waals surface area contributed by atoms with E-state index in [1.54, 1.807) is 23.9 Å². The number of rotatable bonds is 3. The van der Waals surface area contributed by atoms with Crippen LogP contribution in [0.3, 0.4) is 0 Å². The predicted octanol–water partition coefficient (Wildman–Crippen LogP) is 2.95. The summed E-state index contributed by atoms with van der Waals surface area (Å²) in [6, 6.07) is 6.11. The summed E-state index contributed by atoms with van der Waals surface area (Å²) in [6.07, 6.45) is 4.43. The largest absolute Gasteiger partial charge is 0.472 e. The molecule has 0 saturated heterocycles. The van der Waals surface area contributed by atoms with Gasteiger partial charge in [-0.25, -0.2) is 0 Å². The highest BCUT2D eigenvalue weighted by Crippen LogP contribution is 2.27. The van der Waals surface area contributed by atoms with Gasteiger partial charge >= 0.3 is 0 Å². The van der Waals surface area contributed by atoms with E-state index >= 15 is 0 Å². The minimum Gasteiger partial charge on any atom is -0.472 e. The molecule has 2 N–H and O–H groups in total. The monoisotopic (exact) mass is 207 g/mol. The summed E-state index contributed by atoms with van der Waals surface area (Å²) in [4.78, 5) is 2.57. The van der Waals surface area contributed by atoms with Gasteiger partial charge in [0.15, 0.2) is 0 Å². The molecule has 0 aliphatic carbocycles. The zero-order valence-corrected chi connectivity index (χ0v) is 8.88. The molecule has 2 rings (SSSR count). The van der Waals surface area contributed by atoms with E-state index in [2.05, 4.69) is 19.1 Å². The third kappa shape index (κ3) is 1.74. The van der Waals surface area contributed by atoms with E-state index < -0.39 is 0 Å². The zero-order valence-electron chi connectivity index (χ0n) is 8.07. The number of hydrogen-bond acceptors (Lipinski definition) is 3. The maximum Gasteiger partial charge on any atom is 0.0954 e. The Labute approximate surface area is 87.4 Å². The molecule has 0 spiro atoms. The summed E-state index contributed by atoms with van der Waals surface area (Å²) in [5, 5.41) is 0. The van der Waals surface area contributed by atoms with Gasteiger partial charge in [0.1, 0.15) is 0 Å². The molecule has 2 nitrogen and oxygen atoms in total. The normalized spacial score (nSPS) is 13.0. The average Bonchev–Trinajstić information content (AvgIpc) is 2.88. The van der Waals surface area contributed by atoms with Gasteiger partial charge in [-0.2, -0.15) is 0 Å². The number of nitrogens with two attached hydrogens (primary N) is 1. The van der Waals surface area contributed by atoms with Crippen LogP contribution < -0.4 is 5.73 Å². The van der Waals surface area contributed by atoms with Crippen molar-refractivity contribution in [1.29, 1.82) is 0 Å². The van der Waals surface area contributed by atoms with Gasteiger partial charge in [-0.3, -0.25) is 0 Å². The lowest BCUT2D eigenvalue weighted by atomic mass is 10.1. The van der Waals surface area contributed by atoms with Crippen LogP contribution in [0, 0.1) is 0 Å². The first kappa shape index (κ1) is 9.49. The molecule has 1 atom stereocenters. The summed E-state index contributed by atoms with van der Waals surface area (Å²) in [6.45, 7) is 2.15. The van der Waals surface area contributed by atoms with E-state index in [0.29, 0.717) is 0 Å². The summed E-state index contributed by atoms with van der Waals surface area (Å²) in [5.41, 5.74) is 7.12. The van der Waals surface area contributed by atoms with Gasteiger partial charge in [0.2, 0.25) is 0 Å². The second-order valence-corrected chi connectivity index (χ2v) is 4.39. The number of thiophene rings is 1. The van der Waals surface area contributed by atoms with Crippen molar-refractivity contribution in [2.75, 3.05) is 0 Å². The Kier molecular flexibility index (Phi) is 2.70.